The fourth-order valence-electron chi connectivity index (χ4n) is 3.42. The van der Waals surface area contributed by atoms with E-state index in [1.54, 1.807) is 23.0 Å². The number of rotatable bonds is 10. The number of nitrogens with one attached hydrogen (secondary N) is 2. The number of ether oxygens (including phenoxy) is 1. The van der Waals surface area contributed by atoms with Crippen LogP contribution in [0.25, 0.3) is 11.4 Å². The molecule has 3 aromatic rings. The van der Waals surface area contributed by atoms with Crippen molar-refractivity contribution in [2.24, 2.45) is 0 Å². The third kappa shape index (κ3) is 5.16. The van der Waals surface area contributed by atoms with Crippen molar-refractivity contribution in [3.8, 4) is 17.1 Å². The fraction of sp³-hybridized carbons (Fsp3) is 0.381. The van der Waals surface area contributed by atoms with E-state index in [9.17, 15) is 4.79 Å². The van der Waals surface area contributed by atoms with Crippen LogP contribution < -0.4 is 10.1 Å². The molecule has 2 N–H and O–H groups in total. The molecule has 0 aliphatic carbocycles. The van der Waals surface area contributed by atoms with E-state index < -0.39 is 0 Å². The summed E-state index contributed by atoms with van der Waals surface area (Å²) in [5.41, 5.74) is 2.08. The van der Waals surface area contributed by atoms with Crippen molar-refractivity contribution < 1.29 is 9.53 Å². The molecule has 0 aliphatic rings. The van der Waals surface area contributed by atoms with E-state index in [2.05, 4.69) is 51.1 Å². The van der Waals surface area contributed by atoms with Crippen LogP contribution in [0.1, 0.15) is 25.5 Å². The van der Waals surface area contributed by atoms with Gasteiger partial charge in [-0.15, -0.1) is 0 Å². The van der Waals surface area contributed by atoms with Gasteiger partial charge in [-0.25, -0.2) is 0 Å². The highest BCUT2D eigenvalue weighted by Crippen LogP contribution is 2.23. The van der Waals surface area contributed by atoms with Gasteiger partial charge in [-0.05, 0) is 72.0 Å². The highest BCUT2D eigenvalue weighted by atomic mass is 32.1. The SMILES string of the molecule is CCN(CC)C(CNC(=O)Cn1c(-c2ccc(OC)cc2)n[nH]c1=S)c1ccsc1. The zero-order valence-electron chi connectivity index (χ0n) is 17.4. The lowest BCUT2D eigenvalue weighted by atomic mass is 10.1. The molecule has 2 aromatic heterocycles. The summed E-state index contributed by atoms with van der Waals surface area (Å²) >= 11 is 7.02. The molecular weight excluding hydrogens is 418 g/mol. The molecule has 0 aliphatic heterocycles. The van der Waals surface area contributed by atoms with Gasteiger partial charge in [0.15, 0.2) is 10.6 Å². The van der Waals surface area contributed by atoms with E-state index in [-0.39, 0.29) is 18.5 Å². The van der Waals surface area contributed by atoms with Crippen LogP contribution in [-0.4, -0.2) is 52.3 Å². The number of aromatic amines is 1. The minimum Gasteiger partial charge on any atom is -0.497 e. The van der Waals surface area contributed by atoms with Crippen molar-refractivity contribution in [3.05, 3.63) is 51.4 Å². The molecule has 160 valence electrons. The van der Waals surface area contributed by atoms with E-state index in [0.29, 0.717) is 17.1 Å². The Morgan fingerprint density at radius 1 is 1.30 bits per heavy atom. The maximum atomic E-state index is 12.8. The molecule has 1 amide bonds. The number of carbonyl (C=O) groups is 1. The van der Waals surface area contributed by atoms with Gasteiger partial charge < -0.3 is 10.1 Å². The van der Waals surface area contributed by atoms with E-state index in [0.717, 1.165) is 24.4 Å². The first-order valence-electron chi connectivity index (χ1n) is 9.89. The van der Waals surface area contributed by atoms with Crippen LogP contribution in [0.4, 0.5) is 0 Å². The van der Waals surface area contributed by atoms with Crippen LogP contribution in [0.5, 0.6) is 5.75 Å². The van der Waals surface area contributed by atoms with E-state index in [4.69, 9.17) is 17.0 Å². The number of H-pyrrole nitrogens is 1. The predicted octanol–water partition coefficient (Wildman–Crippen LogP) is 3.88. The zero-order valence-corrected chi connectivity index (χ0v) is 19.1. The summed E-state index contributed by atoms with van der Waals surface area (Å²) in [4.78, 5) is 15.1. The van der Waals surface area contributed by atoms with Crippen LogP contribution in [0.15, 0.2) is 41.1 Å². The van der Waals surface area contributed by atoms with E-state index >= 15 is 0 Å². The standard InChI is InChI=1S/C21H27N5O2S2/c1-4-25(5-2)18(16-10-11-30-14-16)12-22-19(27)13-26-20(23-24-21(26)29)15-6-8-17(28-3)9-7-15/h6-11,14,18H,4-5,12-13H2,1-3H3,(H,22,27)(H,24,29). The van der Waals surface area contributed by atoms with Gasteiger partial charge in [-0.1, -0.05) is 13.8 Å². The number of nitrogens with zero attached hydrogens (tertiary/aromatic N) is 3. The van der Waals surface area contributed by atoms with Gasteiger partial charge in [0.25, 0.3) is 0 Å². The van der Waals surface area contributed by atoms with Gasteiger partial charge in [-0.2, -0.15) is 16.4 Å². The molecule has 30 heavy (non-hydrogen) atoms. The first kappa shape index (κ1) is 22.2. The molecule has 7 nitrogen and oxygen atoms in total. The molecule has 1 atom stereocenters. The summed E-state index contributed by atoms with van der Waals surface area (Å²) in [6.45, 7) is 6.75. The van der Waals surface area contributed by atoms with Gasteiger partial charge in [0.05, 0.1) is 13.2 Å². The molecule has 0 fully saturated rings. The summed E-state index contributed by atoms with van der Waals surface area (Å²) in [6, 6.07) is 9.76. The van der Waals surface area contributed by atoms with Gasteiger partial charge in [0.2, 0.25) is 5.91 Å². The van der Waals surface area contributed by atoms with Gasteiger partial charge in [0, 0.05) is 12.1 Å². The Kier molecular flexibility index (Phi) is 7.78. The number of thiophene rings is 1. The van der Waals surface area contributed by atoms with Crippen molar-refractivity contribution in [1.82, 2.24) is 25.0 Å². The quantitative estimate of drug-likeness (QED) is 0.463. The third-order valence-corrected chi connectivity index (χ3v) is 6.10. The van der Waals surface area contributed by atoms with Crippen LogP contribution in [0, 0.1) is 4.77 Å². The Labute approximate surface area is 185 Å². The molecule has 3 rings (SSSR count). The fourth-order valence-corrected chi connectivity index (χ4v) is 4.33. The molecule has 0 spiro atoms. The Morgan fingerprint density at radius 3 is 2.63 bits per heavy atom. The van der Waals surface area contributed by atoms with Crippen LogP contribution in [0.2, 0.25) is 0 Å². The molecule has 0 bridgehead atoms. The number of aromatic nitrogens is 3. The highest BCUT2D eigenvalue weighted by Gasteiger charge is 2.20. The first-order chi connectivity index (χ1) is 14.6. The largest absolute Gasteiger partial charge is 0.497 e. The van der Waals surface area contributed by atoms with Gasteiger partial charge in [0.1, 0.15) is 12.3 Å². The predicted molar refractivity (Wildman–Crippen MR) is 122 cm³/mol. The average molecular weight is 446 g/mol. The molecule has 0 saturated heterocycles. The zero-order chi connectivity index (χ0) is 21.5. The van der Waals surface area contributed by atoms with Crippen molar-refractivity contribution >= 4 is 29.5 Å². The van der Waals surface area contributed by atoms with Crippen LogP contribution in [0.3, 0.4) is 0 Å². The summed E-state index contributed by atoms with van der Waals surface area (Å²) in [5, 5.41) is 14.4. The van der Waals surface area contributed by atoms with Crippen molar-refractivity contribution in [1.29, 1.82) is 0 Å². The Bertz CT molecular complexity index is 991. The summed E-state index contributed by atoms with van der Waals surface area (Å²) in [6.07, 6.45) is 0. The molecular formula is C21H27N5O2S2. The molecule has 1 unspecified atom stereocenters. The normalized spacial score (nSPS) is 12.1. The molecule has 1 aromatic carbocycles. The Hall–Kier alpha value is -2.49. The number of hydrogen-bond donors (Lipinski definition) is 2. The molecule has 9 heteroatoms. The number of carbonyl (C=O) groups excluding carboxylic acids is 1. The van der Waals surface area contributed by atoms with Crippen LogP contribution in [-0.2, 0) is 11.3 Å². The average Bonchev–Trinajstić information content (AvgIpc) is 3.42. The topological polar surface area (TPSA) is 75.2 Å². The van der Waals surface area contributed by atoms with Crippen molar-refractivity contribution in [3.63, 3.8) is 0 Å². The Balaban J connectivity index is 1.71. The number of benzene rings is 1. The number of amides is 1. The number of likely N-dealkylation sites (N-methyl/N-ethyl adjacent to an activating group) is 1. The summed E-state index contributed by atoms with van der Waals surface area (Å²) < 4.78 is 7.33. The Morgan fingerprint density at radius 2 is 2.03 bits per heavy atom. The monoisotopic (exact) mass is 445 g/mol. The number of methoxy groups -OCH3 is 1. The summed E-state index contributed by atoms with van der Waals surface area (Å²) in [7, 11) is 1.62. The molecule has 2 heterocycles. The van der Waals surface area contributed by atoms with Gasteiger partial charge in [-0.3, -0.25) is 19.4 Å². The maximum Gasteiger partial charge on any atom is 0.240 e. The lowest BCUT2D eigenvalue weighted by Gasteiger charge is -2.29. The second-order valence-electron chi connectivity index (χ2n) is 6.76. The van der Waals surface area contributed by atoms with Crippen molar-refractivity contribution in [2.45, 2.75) is 26.4 Å². The van der Waals surface area contributed by atoms with Crippen molar-refractivity contribution in [2.75, 3.05) is 26.7 Å². The minimum absolute atomic E-state index is 0.102. The first-order valence-corrected chi connectivity index (χ1v) is 11.2. The second-order valence-corrected chi connectivity index (χ2v) is 7.93. The molecule has 0 saturated carbocycles. The minimum atomic E-state index is -0.102. The smallest absolute Gasteiger partial charge is 0.240 e. The number of hydrogen-bond acceptors (Lipinski definition) is 6. The third-order valence-electron chi connectivity index (χ3n) is 5.08. The lowest BCUT2D eigenvalue weighted by Crippen LogP contribution is -2.39. The second kappa shape index (κ2) is 10.5. The van der Waals surface area contributed by atoms with E-state index in [1.807, 2.05) is 24.3 Å². The molecule has 0 radical (unpaired) electrons. The highest BCUT2D eigenvalue weighted by molar-refractivity contribution is 7.71. The lowest BCUT2D eigenvalue weighted by molar-refractivity contribution is -0.121. The van der Waals surface area contributed by atoms with Gasteiger partial charge >= 0.3 is 0 Å². The maximum absolute atomic E-state index is 12.8. The van der Waals surface area contributed by atoms with Crippen LogP contribution >= 0.6 is 23.6 Å². The van der Waals surface area contributed by atoms with E-state index in [1.165, 1.54) is 5.56 Å². The summed E-state index contributed by atoms with van der Waals surface area (Å²) in [5.74, 6) is 1.28.